The molecule has 4 rings (SSSR count). The number of rotatable bonds is 4. The Hall–Kier alpha value is -4.07. The zero-order valence-corrected chi connectivity index (χ0v) is 15.8. The summed E-state index contributed by atoms with van der Waals surface area (Å²) in [6, 6.07) is 17.2. The zero-order chi connectivity index (χ0) is 20.4. The Labute approximate surface area is 166 Å². The van der Waals surface area contributed by atoms with Gasteiger partial charge in [-0.2, -0.15) is 4.98 Å². The molecule has 0 fully saturated rings. The monoisotopic (exact) mass is 387 g/mol. The number of hydrogen-bond donors (Lipinski definition) is 1. The van der Waals surface area contributed by atoms with E-state index >= 15 is 0 Å². The number of hydrogen-bond acceptors (Lipinski definition) is 6. The molecule has 4 aromatic rings. The average molecular weight is 387 g/mol. The van der Waals surface area contributed by atoms with Crippen molar-refractivity contribution in [1.29, 1.82) is 0 Å². The van der Waals surface area contributed by atoms with Gasteiger partial charge in [0, 0.05) is 22.6 Å². The van der Waals surface area contributed by atoms with Crippen LogP contribution in [0, 0.1) is 13.8 Å². The molecule has 0 bridgehead atoms. The lowest BCUT2D eigenvalue weighted by Gasteiger charge is -2.06. The SMILES string of the molecule is Cc1cc(C)n2nc(C(=O)Oc3ccc(NC(=O)c4ccccc4)cc3)nc2n1. The van der Waals surface area contributed by atoms with Gasteiger partial charge in [0.2, 0.25) is 0 Å². The Bertz CT molecular complexity index is 1200. The van der Waals surface area contributed by atoms with Gasteiger partial charge in [-0.05, 0) is 56.3 Å². The number of carbonyl (C=O) groups excluding carboxylic acids is 2. The molecule has 2 aromatic heterocycles. The summed E-state index contributed by atoms with van der Waals surface area (Å²) in [6.45, 7) is 3.70. The molecule has 0 aliphatic heterocycles. The summed E-state index contributed by atoms with van der Waals surface area (Å²) < 4.78 is 6.82. The fraction of sp³-hybridized carbons (Fsp3) is 0.0952. The molecule has 0 saturated carbocycles. The first-order chi connectivity index (χ1) is 14.0. The molecule has 2 heterocycles. The van der Waals surface area contributed by atoms with E-state index < -0.39 is 5.97 Å². The minimum Gasteiger partial charge on any atom is -0.421 e. The van der Waals surface area contributed by atoms with Crippen LogP contribution in [0.4, 0.5) is 5.69 Å². The Balaban J connectivity index is 1.45. The van der Waals surface area contributed by atoms with Crippen LogP contribution >= 0.6 is 0 Å². The molecular formula is C21H17N5O3. The smallest absolute Gasteiger partial charge is 0.383 e. The number of anilines is 1. The number of benzene rings is 2. The Morgan fingerprint density at radius 2 is 1.69 bits per heavy atom. The third-order valence-corrected chi connectivity index (χ3v) is 4.16. The highest BCUT2D eigenvalue weighted by Gasteiger charge is 2.17. The van der Waals surface area contributed by atoms with E-state index in [1.54, 1.807) is 48.5 Å². The van der Waals surface area contributed by atoms with Crippen molar-refractivity contribution < 1.29 is 14.3 Å². The van der Waals surface area contributed by atoms with Gasteiger partial charge in [-0.15, -0.1) is 5.10 Å². The first kappa shape index (κ1) is 18.3. The average Bonchev–Trinajstić information content (AvgIpc) is 3.15. The van der Waals surface area contributed by atoms with Crippen LogP contribution in [0.1, 0.15) is 32.4 Å². The lowest BCUT2D eigenvalue weighted by Crippen LogP contribution is -2.12. The largest absolute Gasteiger partial charge is 0.421 e. The van der Waals surface area contributed by atoms with Gasteiger partial charge in [0.25, 0.3) is 17.5 Å². The molecule has 1 amide bonds. The van der Waals surface area contributed by atoms with E-state index in [4.69, 9.17) is 4.74 Å². The molecule has 1 N–H and O–H groups in total. The van der Waals surface area contributed by atoms with E-state index in [2.05, 4.69) is 20.4 Å². The van der Waals surface area contributed by atoms with Gasteiger partial charge < -0.3 is 10.1 Å². The van der Waals surface area contributed by atoms with Crippen molar-refractivity contribution in [3.63, 3.8) is 0 Å². The summed E-state index contributed by atoms with van der Waals surface area (Å²) in [7, 11) is 0. The van der Waals surface area contributed by atoms with Gasteiger partial charge in [-0.3, -0.25) is 4.79 Å². The zero-order valence-electron chi connectivity index (χ0n) is 15.8. The molecule has 144 valence electrons. The summed E-state index contributed by atoms with van der Waals surface area (Å²) in [5.74, 6) is -0.329. The molecule has 29 heavy (non-hydrogen) atoms. The van der Waals surface area contributed by atoms with E-state index in [1.165, 1.54) is 4.52 Å². The Morgan fingerprint density at radius 3 is 2.41 bits per heavy atom. The second-order valence-corrected chi connectivity index (χ2v) is 6.42. The van der Waals surface area contributed by atoms with Crippen LogP contribution in [0.15, 0.2) is 60.7 Å². The van der Waals surface area contributed by atoms with Crippen LogP contribution in [0.3, 0.4) is 0 Å². The number of carbonyl (C=O) groups is 2. The first-order valence-electron chi connectivity index (χ1n) is 8.89. The third-order valence-electron chi connectivity index (χ3n) is 4.16. The topological polar surface area (TPSA) is 98.5 Å². The summed E-state index contributed by atoms with van der Waals surface area (Å²) in [5.41, 5.74) is 2.74. The highest BCUT2D eigenvalue weighted by Crippen LogP contribution is 2.18. The second-order valence-electron chi connectivity index (χ2n) is 6.42. The predicted molar refractivity (Wildman–Crippen MR) is 106 cm³/mol. The molecule has 0 spiro atoms. The van der Waals surface area contributed by atoms with Crippen molar-refractivity contribution in [3.05, 3.63) is 83.4 Å². The lowest BCUT2D eigenvalue weighted by atomic mass is 10.2. The normalized spacial score (nSPS) is 10.7. The highest BCUT2D eigenvalue weighted by atomic mass is 16.5. The van der Waals surface area contributed by atoms with Gasteiger partial charge in [0.15, 0.2) is 0 Å². The predicted octanol–water partition coefficient (Wildman–Crippen LogP) is 3.21. The number of aryl methyl sites for hydroxylation is 2. The maximum Gasteiger partial charge on any atom is 0.383 e. The molecular weight excluding hydrogens is 370 g/mol. The van der Waals surface area contributed by atoms with E-state index in [0.29, 0.717) is 22.8 Å². The standard InChI is InChI=1S/C21H17N5O3/c1-13-12-14(2)26-21(22-13)24-18(25-26)20(28)29-17-10-8-16(9-11-17)23-19(27)15-6-4-3-5-7-15/h3-12H,1-2H3,(H,23,27). The van der Waals surface area contributed by atoms with Crippen molar-refractivity contribution in [2.75, 3.05) is 5.32 Å². The van der Waals surface area contributed by atoms with Gasteiger partial charge in [0.05, 0.1) is 0 Å². The summed E-state index contributed by atoms with van der Waals surface area (Å²) >= 11 is 0. The minimum absolute atomic E-state index is 0.0762. The Morgan fingerprint density at radius 1 is 0.966 bits per heavy atom. The molecule has 0 aliphatic carbocycles. The van der Waals surface area contributed by atoms with Crippen LogP contribution in [0.5, 0.6) is 5.75 Å². The number of ether oxygens (including phenoxy) is 1. The first-order valence-corrected chi connectivity index (χ1v) is 8.89. The number of nitrogens with one attached hydrogen (secondary N) is 1. The molecule has 0 radical (unpaired) electrons. The van der Waals surface area contributed by atoms with Crippen LogP contribution < -0.4 is 10.1 Å². The van der Waals surface area contributed by atoms with Crippen molar-refractivity contribution in [3.8, 4) is 5.75 Å². The van der Waals surface area contributed by atoms with Gasteiger partial charge in [-0.1, -0.05) is 18.2 Å². The fourth-order valence-electron chi connectivity index (χ4n) is 2.80. The minimum atomic E-state index is -0.686. The molecule has 8 nitrogen and oxygen atoms in total. The highest BCUT2D eigenvalue weighted by molar-refractivity contribution is 6.04. The van der Waals surface area contributed by atoms with Gasteiger partial charge >= 0.3 is 5.97 Å². The van der Waals surface area contributed by atoms with Crippen molar-refractivity contribution in [2.45, 2.75) is 13.8 Å². The van der Waals surface area contributed by atoms with Crippen molar-refractivity contribution in [2.24, 2.45) is 0 Å². The van der Waals surface area contributed by atoms with E-state index in [-0.39, 0.29) is 11.7 Å². The van der Waals surface area contributed by atoms with Crippen LogP contribution in [0.2, 0.25) is 0 Å². The lowest BCUT2D eigenvalue weighted by molar-refractivity contribution is 0.0722. The number of amides is 1. The quantitative estimate of drug-likeness (QED) is 0.426. The van der Waals surface area contributed by atoms with Crippen molar-refractivity contribution in [1.82, 2.24) is 19.6 Å². The number of nitrogens with zero attached hydrogens (tertiary/aromatic N) is 4. The molecule has 8 heteroatoms. The number of fused-ring (bicyclic) bond motifs is 1. The maximum atomic E-state index is 12.4. The molecule has 0 saturated heterocycles. The van der Waals surface area contributed by atoms with E-state index in [0.717, 1.165) is 11.4 Å². The summed E-state index contributed by atoms with van der Waals surface area (Å²) in [5, 5.41) is 6.94. The second kappa shape index (κ2) is 7.51. The molecule has 0 unspecified atom stereocenters. The Kier molecular flexibility index (Phi) is 4.74. The number of aromatic nitrogens is 4. The maximum absolute atomic E-state index is 12.4. The van der Waals surface area contributed by atoms with Gasteiger partial charge in [0.1, 0.15) is 5.75 Å². The van der Waals surface area contributed by atoms with Crippen molar-refractivity contribution >= 4 is 23.3 Å². The third kappa shape index (κ3) is 3.96. The summed E-state index contributed by atoms with van der Waals surface area (Å²) in [6.07, 6.45) is 0. The van der Waals surface area contributed by atoms with Crippen LogP contribution in [-0.4, -0.2) is 31.5 Å². The molecule has 2 aromatic carbocycles. The molecule has 0 aliphatic rings. The van der Waals surface area contributed by atoms with Crippen LogP contribution in [0.25, 0.3) is 5.78 Å². The molecule has 0 atom stereocenters. The van der Waals surface area contributed by atoms with Crippen LogP contribution in [-0.2, 0) is 0 Å². The fourth-order valence-corrected chi connectivity index (χ4v) is 2.80. The van der Waals surface area contributed by atoms with Gasteiger partial charge in [-0.25, -0.2) is 14.3 Å². The van der Waals surface area contributed by atoms with E-state index in [1.807, 2.05) is 26.0 Å². The summed E-state index contributed by atoms with van der Waals surface area (Å²) in [4.78, 5) is 32.9. The number of esters is 1. The van der Waals surface area contributed by atoms with E-state index in [9.17, 15) is 9.59 Å².